The van der Waals surface area contributed by atoms with Crippen molar-refractivity contribution in [2.45, 2.75) is 131 Å². The topological polar surface area (TPSA) is 9.23 Å². The van der Waals surface area contributed by atoms with E-state index in [0.717, 1.165) is 0 Å². The summed E-state index contributed by atoms with van der Waals surface area (Å²) >= 11 is 0. The highest BCUT2D eigenvalue weighted by Crippen LogP contribution is 2.55. The van der Waals surface area contributed by atoms with Gasteiger partial charge in [-0.05, 0) is 46.5 Å². The molecule has 0 bridgehead atoms. The summed E-state index contributed by atoms with van der Waals surface area (Å²) in [6, 6.07) is 4.89. The molecule has 1 aromatic rings. The smallest absolute Gasteiger partial charge is 0.130 e. The van der Waals surface area contributed by atoms with Gasteiger partial charge in [0.15, 0.2) is 0 Å². The lowest BCUT2D eigenvalue weighted by molar-refractivity contribution is 0.215. The Morgan fingerprint density at radius 3 is 1.65 bits per heavy atom. The third kappa shape index (κ3) is 6.72. The van der Waals surface area contributed by atoms with Gasteiger partial charge in [0, 0.05) is 23.5 Å². The zero-order chi connectivity index (χ0) is 23.7. The quantitative estimate of drug-likeness (QED) is 0.395. The lowest BCUT2D eigenvalue weighted by Crippen LogP contribution is -2.28. The highest BCUT2D eigenvalue weighted by Gasteiger charge is 2.36. The van der Waals surface area contributed by atoms with E-state index in [1.807, 2.05) is 0 Å². The molecule has 31 heavy (non-hydrogen) atoms. The fourth-order valence-corrected chi connectivity index (χ4v) is 7.10. The first kappa shape index (κ1) is 26.7. The predicted molar refractivity (Wildman–Crippen MR) is 141 cm³/mol. The molecule has 0 N–H and O–H groups in total. The molecule has 1 nitrogen and oxygen atoms in total. The molecule has 0 amide bonds. The normalized spacial score (nSPS) is 23.1. The largest absolute Gasteiger partial charge is 0.473 e. The molecule has 0 aromatic heterocycles. The standard InChI is InChI=1S/C29H51OP/c1-12-14-15-29(13-2)16-18-31(19-17-29)30-25-23(27(6,7)8)20-22(26(3,4)5)21-24(25)28(9,10)11/h20-21H,12-19H2,1-11H3. The average molecular weight is 447 g/mol. The molecule has 1 saturated heterocycles. The van der Waals surface area contributed by atoms with Crippen LogP contribution in [-0.2, 0) is 16.2 Å². The number of hydrogen-bond acceptors (Lipinski definition) is 1. The Morgan fingerprint density at radius 2 is 1.29 bits per heavy atom. The molecule has 1 aliphatic rings. The van der Waals surface area contributed by atoms with E-state index in [0.29, 0.717) is 5.41 Å². The Labute approximate surface area is 196 Å². The van der Waals surface area contributed by atoms with Crippen LogP contribution in [-0.4, -0.2) is 12.3 Å². The maximum absolute atomic E-state index is 7.05. The van der Waals surface area contributed by atoms with Crippen molar-refractivity contribution in [2.24, 2.45) is 5.41 Å². The van der Waals surface area contributed by atoms with Crippen molar-refractivity contribution >= 4 is 8.15 Å². The van der Waals surface area contributed by atoms with Crippen LogP contribution in [0, 0.1) is 5.41 Å². The molecule has 1 heterocycles. The molecular weight excluding hydrogens is 395 g/mol. The lowest BCUT2D eigenvalue weighted by atomic mass is 9.75. The molecule has 0 spiro atoms. The molecule has 2 rings (SSSR count). The van der Waals surface area contributed by atoms with Crippen molar-refractivity contribution in [1.82, 2.24) is 0 Å². The Balaban J connectivity index is 2.42. The van der Waals surface area contributed by atoms with Gasteiger partial charge in [0.25, 0.3) is 0 Å². The summed E-state index contributed by atoms with van der Waals surface area (Å²) in [6.45, 7) is 25.8. The van der Waals surface area contributed by atoms with Gasteiger partial charge < -0.3 is 4.52 Å². The van der Waals surface area contributed by atoms with E-state index >= 15 is 0 Å². The van der Waals surface area contributed by atoms with Gasteiger partial charge in [-0.25, -0.2) is 0 Å². The van der Waals surface area contributed by atoms with E-state index in [2.05, 4.69) is 88.3 Å². The van der Waals surface area contributed by atoms with Gasteiger partial charge in [0.05, 0.1) is 8.15 Å². The van der Waals surface area contributed by atoms with Crippen LogP contribution in [0.3, 0.4) is 0 Å². The second-order valence-corrected chi connectivity index (χ2v) is 15.2. The van der Waals surface area contributed by atoms with Crippen LogP contribution in [0.5, 0.6) is 5.75 Å². The van der Waals surface area contributed by atoms with Gasteiger partial charge in [0.1, 0.15) is 5.75 Å². The second kappa shape index (κ2) is 9.75. The van der Waals surface area contributed by atoms with Crippen LogP contribution in [0.1, 0.15) is 131 Å². The summed E-state index contributed by atoms with van der Waals surface area (Å²) in [6.07, 6.45) is 10.7. The highest BCUT2D eigenvalue weighted by atomic mass is 31.1. The van der Waals surface area contributed by atoms with Gasteiger partial charge in [0.2, 0.25) is 0 Å². The molecule has 1 fully saturated rings. The van der Waals surface area contributed by atoms with E-state index in [4.69, 9.17) is 4.52 Å². The van der Waals surface area contributed by atoms with Gasteiger partial charge in [-0.3, -0.25) is 0 Å². The van der Waals surface area contributed by atoms with E-state index in [1.54, 1.807) is 0 Å². The second-order valence-electron chi connectivity index (χ2n) is 13.1. The summed E-state index contributed by atoms with van der Waals surface area (Å²) in [5.41, 5.74) is 5.06. The third-order valence-corrected chi connectivity index (χ3v) is 9.27. The number of unbranched alkanes of at least 4 members (excludes halogenated alkanes) is 1. The maximum atomic E-state index is 7.05. The van der Waals surface area contributed by atoms with Crippen LogP contribution in [0.4, 0.5) is 0 Å². The van der Waals surface area contributed by atoms with E-state index < -0.39 is 8.15 Å². The molecule has 2 heteroatoms. The predicted octanol–water partition coefficient (Wildman–Crippen LogP) is 9.74. The maximum Gasteiger partial charge on any atom is 0.130 e. The van der Waals surface area contributed by atoms with Crippen LogP contribution in [0.2, 0.25) is 0 Å². The summed E-state index contributed by atoms with van der Waals surface area (Å²) in [5, 5.41) is 0. The van der Waals surface area contributed by atoms with Gasteiger partial charge in [-0.1, -0.05) is 108 Å². The minimum Gasteiger partial charge on any atom is -0.473 e. The summed E-state index contributed by atoms with van der Waals surface area (Å²) in [5.74, 6) is 1.21. The van der Waals surface area contributed by atoms with Gasteiger partial charge in [-0.2, -0.15) is 0 Å². The first-order valence-electron chi connectivity index (χ1n) is 12.8. The Hall–Kier alpha value is -0.550. The van der Waals surface area contributed by atoms with Crippen molar-refractivity contribution in [3.63, 3.8) is 0 Å². The van der Waals surface area contributed by atoms with Crippen LogP contribution in [0.25, 0.3) is 0 Å². The first-order valence-corrected chi connectivity index (χ1v) is 14.4. The molecule has 0 saturated carbocycles. The first-order chi connectivity index (χ1) is 14.1. The molecule has 0 radical (unpaired) electrons. The van der Waals surface area contributed by atoms with Crippen molar-refractivity contribution in [1.29, 1.82) is 0 Å². The molecule has 1 aliphatic heterocycles. The van der Waals surface area contributed by atoms with Crippen molar-refractivity contribution < 1.29 is 4.52 Å². The SMILES string of the molecule is CCCCC1(CC)CCP(Oc2c(C(C)(C)C)cc(C(C)(C)C)cc2C(C)(C)C)CC1. The summed E-state index contributed by atoms with van der Waals surface area (Å²) in [4.78, 5) is 0. The minimum atomic E-state index is -0.392. The van der Waals surface area contributed by atoms with E-state index in [-0.39, 0.29) is 16.2 Å². The molecule has 0 atom stereocenters. The fourth-order valence-electron chi connectivity index (χ4n) is 4.79. The Kier molecular flexibility index (Phi) is 8.40. The summed E-state index contributed by atoms with van der Waals surface area (Å²) < 4.78 is 7.05. The van der Waals surface area contributed by atoms with Crippen molar-refractivity contribution in [3.8, 4) is 5.75 Å². The molecule has 178 valence electrons. The lowest BCUT2D eigenvalue weighted by Gasteiger charge is -2.41. The summed E-state index contributed by atoms with van der Waals surface area (Å²) in [7, 11) is -0.392. The number of rotatable bonds is 6. The highest BCUT2D eigenvalue weighted by molar-refractivity contribution is 7.53. The number of hydrogen-bond donors (Lipinski definition) is 0. The van der Waals surface area contributed by atoms with Crippen molar-refractivity contribution in [2.75, 3.05) is 12.3 Å². The van der Waals surface area contributed by atoms with E-state index in [1.165, 1.54) is 73.3 Å². The number of benzene rings is 1. The third-order valence-electron chi connectivity index (χ3n) is 7.39. The Morgan fingerprint density at radius 1 is 0.806 bits per heavy atom. The minimum absolute atomic E-state index is 0.0655. The molecule has 0 aliphatic carbocycles. The fraction of sp³-hybridized carbons (Fsp3) is 0.793. The van der Waals surface area contributed by atoms with Crippen LogP contribution < -0.4 is 4.52 Å². The van der Waals surface area contributed by atoms with Gasteiger partial charge >= 0.3 is 0 Å². The molecule has 1 aromatic carbocycles. The molecule has 0 unspecified atom stereocenters. The van der Waals surface area contributed by atoms with Crippen molar-refractivity contribution in [3.05, 3.63) is 28.8 Å². The zero-order valence-electron chi connectivity index (χ0n) is 22.7. The average Bonchev–Trinajstić information content (AvgIpc) is 2.65. The van der Waals surface area contributed by atoms with E-state index in [9.17, 15) is 0 Å². The zero-order valence-corrected chi connectivity index (χ0v) is 23.6. The van der Waals surface area contributed by atoms with Crippen LogP contribution >= 0.6 is 8.15 Å². The van der Waals surface area contributed by atoms with Gasteiger partial charge in [-0.15, -0.1) is 0 Å². The van der Waals surface area contributed by atoms with Crippen LogP contribution in [0.15, 0.2) is 12.1 Å². The monoisotopic (exact) mass is 446 g/mol. The Bertz CT molecular complexity index is 684. The molecular formula is C29H51OP.